The summed E-state index contributed by atoms with van der Waals surface area (Å²) in [6, 6.07) is 6.82. The lowest BCUT2D eigenvalue weighted by molar-refractivity contribution is -0.115. The molecule has 0 saturated heterocycles. The molecule has 24 heavy (non-hydrogen) atoms. The molecule has 2 aromatic rings. The minimum absolute atomic E-state index is 0.0914. The molecule has 1 unspecified atom stereocenters. The van der Waals surface area contributed by atoms with Crippen molar-refractivity contribution in [1.29, 1.82) is 0 Å². The van der Waals surface area contributed by atoms with Gasteiger partial charge in [-0.15, -0.1) is 10.2 Å². The summed E-state index contributed by atoms with van der Waals surface area (Å²) in [6.07, 6.45) is 2.51. The molecule has 0 spiro atoms. The van der Waals surface area contributed by atoms with E-state index in [2.05, 4.69) is 34.7 Å². The zero-order valence-electron chi connectivity index (χ0n) is 14.1. The molecule has 2 amide bonds. The third-order valence-corrected chi connectivity index (χ3v) is 4.60. The maximum Gasteiger partial charge on any atom is 0.257 e. The quantitative estimate of drug-likeness (QED) is 0.792. The van der Waals surface area contributed by atoms with Crippen LogP contribution in [0.1, 0.15) is 61.3 Å². The van der Waals surface area contributed by atoms with E-state index in [0.29, 0.717) is 28.7 Å². The first-order chi connectivity index (χ1) is 11.5. The van der Waals surface area contributed by atoms with Gasteiger partial charge in [-0.05, 0) is 24.6 Å². The number of aromatic nitrogens is 2. The number of hydrogen-bond donors (Lipinski definition) is 2. The molecule has 1 atom stereocenters. The lowest BCUT2D eigenvalue weighted by atomic mass is 10.1. The lowest BCUT2D eigenvalue weighted by Crippen LogP contribution is -2.13. The van der Waals surface area contributed by atoms with Gasteiger partial charge in [-0.1, -0.05) is 44.6 Å². The van der Waals surface area contributed by atoms with Crippen LogP contribution >= 0.6 is 11.3 Å². The Labute approximate surface area is 145 Å². The van der Waals surface area contributed by atoms with Crippen LogP contribution in [0.25, 0.3) is 0 Å². The molecule has 0 radical (unpaired) electrons. The molecule has 128 valence electrons. The average molecular weight is 346 g/mol. The number of carbonyl (C=O) groups excluding carboxylic acids is 2. The highest BCUT2D eigenvalue weighted by atomic mass is 32.1. The fourth-order valence-electron chi connectivity index (χ4n) is 2.20. The second-order valence-corrected chi connectivity index (χ2v) is 6.58. The fraction of sp³-hybridized carbons (Fsp3) is 0.412. The Kier molecular flexibility index (Phi) is 6.43. The smallest absolute Gasteiger partial charge is 0.257 e. The molecule has 7 heteroatoms. The Hall–Kier alpha value is -2.28. The van der Waals surface area contributed by atoms with E-state index < -0.39 is 0 Å². The summed E-state index contributed by atoms with van der Waals surface area (Å²) in [6.45, 7) is 6.01. The van der Waals surface area contributed by atoms with Crippen molar-refractivity contribution in [3.05, 3.63) is 34.8 Å². The van der Waals surface area contributed by atoms with E-state index in [1.165, 1.54) is 11.3 Å². The molecule has 0 aliphatic rings. The van der Waals surface area contributed by atoms with Crippen molar-refractivity contribution < 1.29 is 9.59 Å². The maximum absolute atomic E-state index is 12.3. The first-order valence-corrected chi connectivity index (χ1v) is 8.89. The zero-order valence-corrected chi connectivity index (χ0v) is 14.9. The molecule has 1 aromatic carbocycles. The van der Waals surface area contributed by atoms with E-state index in [1.54, 1.807) is 31.2 Å². The number of carbonyl (C=O) groups is 2. The topological polar surface area (TPSA) is 84.0 Å². The predicted octanol–water partition coefficient (Wildman–Crippen LogP) is 4.04. The van der Waals surface area contributed by atoms with Crippen molar-refractivity contribution in [1.82, 2.24) is 10.2 Å². The number of nitrogens with zero attached hydrogens (tertiary/aromatic N) is 2. The van der Waals surface area contributed by atoms with Crippen molar-refractivity contribution in [2.75, 3.05) is 10.6 Å². The third kappa shape index (κ3) is 4.86. The van der Waals surface area contributed by atoms with Crippen LogP contribution in [0.5, 0.6) is 0 Å². The minimum atomic E-state index is -0.270. The van der Waals surface area contributed by atoms with Crippen LogP contribution < -0.4 is 10.6 Å². The van der Waals surface area contributed by atoms with Gasteiger partial charge >= 0.3 is 0 Å². The van der Waals surface area contributed by atoms with Crippen LogP contribution in [0.4, 0.5) is 10.8 Å². The molecule has 0 bridgehead atoms. The molecule has 2 rings (SSSR count). The van der Waals surface area contributed by atoms with Gasteiger partial charge in [0.2, 0.25) is 11.0 Å². The largest absolute Gasteiger partial charge is 0.326 e. The van der Waals surface area contributed by atoms with Gasteiger partial charge in [0.15, 0.2) is 0 Å². The van der Waals surface area contributed by atoms with Gasteiger partial charge in [0.25, 0.3) is 5.91 Å². The highest BCUT2D eigenvalue weighted by Crippen LogP contribution is 2.26. The molecule has 1 heterocycles. The Bertz CT molecular complexity index is 714. The van der Waals surface area contributed by atoms with Gasteiger partial charge in [0.05, 0.1) is 0 Å². The van der Waals surface area contributed by atoms with Crippen molar-refractivity contribution in [2.45, 2.75) is 46.0 Å². The molecule has 0 fully saturated rings. The van der Waals surface area contributed by atoms with Crippen molar-refractivity contribution in [3.8, 4) is 0 Å². The van der Waals surface area contributed by atoms with Crippen LogP contribution in [0.3, 0.4) is 0 Å². The molecule has 0 saturated carbocycles. The molecule has 1 aromatic heterocycles. The van der Waals surface area contributed by atoms with Gasteiger partial charge < -0.3 is 5.32 Å². The molecule has 0 aliphatic heterocycles. The highest BCUT2D eigenvalue weighted by molar-refractivity contribution is 7.15. The molecule has 0 aliphatic carbocycles. The molecule has 6 nitrogen and oxygen atoms in total. The van der Waals surface area contributed by atoms with Gasteiger partial charge in [-0.2, -0.15) is 0 Å². The number of nitrogens with one attached hydrogen (secondary N) is 2. The van der Waals surface area contributed by atoms with E-state index >= 15 is 0 Å². The highest BCUT2D eigenvalue weighted by Gasteiger charge is 2.14. The Morgan fingerprint density at radius 3 is 2.71 bits per heavy atom. The normalized spacial score (nSPS) is 11.8. The Balaban J connectivity index is 2.04. The summed E-state index contributed by atoms with van der Waals surface area (Å²) < 4.78 is 0. The number of anilines is 2. The van der Waals surface area contributed by atoms with Crippen LogP contribution in [-0.2, 0) is 4.79 Å². The Morgan fingerprint density at radius 2 is 2.00 bits per heavy atom. The van der Waals surface area contributed by atoms with E-state index in [4.69, 9.17) is 0 Å². The number of hydrogen-bond acceptors (Lipinski definition) is 5. The fourth-order valence-corrected chi connectivity index (χ4v) is 3.02. The minimum Gasteiger partial charge on any atom is -0.326 e. The van der Waals surface area contributed by atoms with Crippen LogP contribution in [0.15, 0.2) is 24.3 Å². The Morgan fingerprint density at radius 1 is 1.21 bits per heavy atom. The molecular formula is C17H22N4O2S. The molecular weight excluding hydrogens is 324 g/mol. The first kappa shape index (κ1) is 18.1. The standard InChI is InChI=1S/C17H22N4O2S/c1-4-7-11(3)16-20-21-17(24-16)19-15(23)12-8-6-9-13(10-12)18-14(22)5-2/h6,8-11H,4-5,7H2,1-3H3,(H,18,22)(H,19,21,23). The summed E-state index contributed by atoms with van der Waals surface area (Å²) in [5, 5.41) is 15.1. The van der Waals surface area contributed by atoms with Crippen molar-refractivity contribution in [2.24, 2.45) is 0 Å². The first-order valence-electron chi connectivity index (χ1n) is 8.08. The second-order valence-electron chi connectivity index (χ2n) is 5.57. The number of rotatable bonds is 7. The summed E-state index contributed by atoms with van der Waals surface area (Å²) in [4.78, 5) is 23.8. The van der Waals surface area contributed by atoms with Crippen LogP contribution in [0.2, 0.25) is 0 Å². The van der Waals surface area contributed by atoms with Crippen molar-refractivity contribution >= 4 is 34.0 Å². The van der Waals surface area contributed by atoms with Gasteiger partial charge in [0, 0.05) is 23.6 Å². The monoisotopic (exact) mass is 346 g/mol. The maximum atomic E-state index is 12.3. The van der Waals surface area contributed by atoms with Crippen molar-refractivity contribution in [3.63, 3.8) is 0 Å². The van der Waals surface area contributed by atoms with Crippen LogP contribution in [0, 0.1) is 0 Å². The van der Waals surface area contributed by atoms with E-state index in [1.807, 2.05) is 0 Å². The summed E-state index contributed by atoms with van der Waals surface area (Å²) in [5.74, 6) is -0.0228. The van der Waals surface area contributed by atoms with Gasteiger partial charge in [-0.3, -0.25) is 14.9 Å². The van der Waals surface area contributed by atoms with E-state index in [0.717, 1.165) is 17.8 Å². The van der Waals surface area contributed by atoms with E-state index in [9.17, 15) is 9.59 Å². The summed E-state index contributed by atoms with van der Waals surface area (Å²) in [7, 11) is 0. The van der Waals surface area contributed by atoms with Gasteiger partial charge in [0.1, 0.15) is 5.01 Å². The average Bonchev–Trinajstić information content (AvgIpc) is 3.03. The van der Waals surface area contributed by atoms with E-state index in [-0.39, 0.29) is 11.8 Å². The third-order valence-electron chi connectivity index (χ3n) is 3.53. The number of benzene rings is 1. The zero-order chi connectivity index (χ0) is 17.5. The summed E-state index contributed by atoms with van der Waals surface area (Å²) >= 11 is 1.40. The second kappa shape index (κ2) is 8.54. The number of amides is 2. The SMILES string of the molecule is CCCC(C)c1nnc(NC(=O)c2cccc(NC(=O)CC)c2)s1. The summed E-state index contributed by atoms with van der Waals surface area (Å²) in [5.41, 5.74) is 1.06. The molecule has 2 N–H and O–H groups in total. The lowest BCUT2D eigenvalue weighted by Gasteiger charge is -2.06. The predicted molar refractivity (Wildman–Crippen MR) is 96.5 cm³/mol. The van der Waals surface area contributed by atoms with Crippen LogP contribution in [-0.4, -0.2) is 22.0 Å². The van der Waals surface area contributed by atoms with Gasteiger partial charge in [-0.25, -0.2) is 0 Å².